The first-order chi connectivity index (χ1) is 13.7. The highest BCUT2D eigenvalue weighted by Gasteiger charge is 2.21. The number of aromatic nitrogens is 2. The third-order valence-electron chi connectivity index (χ3n) is 5.40. The van der Waals surface area contributed by atoms with Crippen LogP contribution in [0.25, 0.3) is 11.1 Å². The lowest BCUT2D eigenvalue weighted by atomic mass is 10.0. The van der Waals surface area contributed by atoms with Crippen LogP contribution in [-0.4, -0.2) is 29.1 Å². The largest absolute Gasteiger partial charge is 0.371 e. The molecular formula is C23H25FN4. The highest BCUT2D eigenvalue weighted by Crippen LogP contribution is 2.27. The Bertz CT molecular complexity index is 907. The summed E-state index contributed by atoms with van der Waals surface area (Å²) in [5.74, 6) is -0.201. The summed E-state index contributed by atoms with van der Waals surface area (Å²) < 4.78 is 13.6. The molecule has 1 fully saturated rings. The molecular weight excluding hydrogens is 351 g/mol. The number of benzene rings is 2. The summed E-state index contributed by atoms with van der Waals surface area (Å²) in [6.07, 6.45) is 5.55. The van der Waals surface area contributed by atoms with Crippen molar-refractivity contribution in [1.29, 1.82) is 0 Å². The molecule has 1 atom stereocenters. The Morgan fingerprint density at radius 3 is 2.50 bits per heavy atom. The number of rotatable bonds is 5. The van der Waals surface area contributed by atoms with Crippen molar-refractivity contribution in [2.45, 2.75) is 31.8 Å². The van der Waals surface area contributed by atoms with E-state index in [0.717, 1.165) is 42.8 Å². The molecule has 5 heteroatoms. The van der Waals surface area contributed by atoms with E-state index in [4.69, 9.17) is 0 Å². The van der Waals surface area contributed by atoms with E-state index in [1.807, 2.05) is 18.2 Å². The van der Waals surface area contributed by atoms with E-state index in [9.17, 15) is 4.39 Å². The Kier molecular flexibility index (Phi) is 5.63. The maximum atomic E-state index is 13.6. The SMILES string of the molecule is C[C@@H](NC1CCN(c2cccc(-c3cccc(F)c3)c2)CC1)c1ccncn1. The first-order valence-corrected chi connectivity index (χ1v) is 9.82. The predicted molar refractivity (Wildman–Crippen MR) is 111 cm³/mol. The van der Waals surface area contributed by atoms with Gasteiger partial charge in [0.2, 0.25) is 0 Å². The van der Waals surface area contributed by atoms with Crippen molar-refractivity contribution in [1.82, 2.24) is 15.3 Å². The number of halogens is 1. The topological polar surface area (TPSA) is 41.0 Å². The molecule has 144 valence electrons. The summed E-state index contributed by atoms with van der Waals surface area (Å²) in [6, 6.07) is 17.8. The molecule has 2 heterocycles. The van der Waals surface area contributed by atoms with Crippen LogP contribution in [-0.2, 0) is 0 Å². The molecule has 4 nitrogen and oxygen atoms in total. The van der Waals surface area contributed by atoms with Crippen LogP contribution in [0.15, 0.2) is 67.1 Å². The molecule has 0 spiro atoms. The fourth-order valence-corrected chi connectivity index (χ4v) is 3.85. The molecule has 1 aromatic heterocycles. The Hall–Kier alpha value is -2.79. The number of hydrogen-bond donors (Lipinski definition) is 1. The van der Waals surface area contributed by atoms with E-state index < -0.39 is 0 Å². The van der Waals surface area contributed by atoms with E-state index >= 15 is 0 Å². The molecule has 2 aromatic carbocycles. The van der Waals surface area contributed by atoms with Gasteiger partial charge in [0, 0.05) is 37.1 Å². The fraction of sp³-hybridized carbons (Fsp3) is 0.304. The normalized spacial score (nSPS) is 16.1. The first-order valence-electron chi connectivity index (χ1n) is 9.82. The summed E-state index contributed by atoms with van der Waals surface area (Å²) >= 11 is 0. The zero-order valence-electron chi connectivity index (χ0n) is 16.1. The summed E-state index contributed by atoms with van der Waals surface area (Å²) in [7, 11) is 0. The summed E-state index contributed by atoms with van der Waals surface area (Å²) in [4.78, 5) is 10.7. The average molecular weight is 376 g/mol. The zero-order valence-corrected chi connectivity index (χ0v) is 16.1. The molecule has 0 aliphatic carbocycles. The van der Waals surface area contributed by atoms with Gasteiger partial charge in [-0.05, 0) is 61.2 Å². The van der Waals surface area contributed by atoms with Crippen LogP contribution in [0.1, 0.15) is 31.5 Å². The van der Waals surface area contributed by atoms with Crippen LogP contribution in [0.3, 0.4) is 0 Å². The maximum absolute atomic E-state index is 13.6. The van der Waals surface area contributed by atoms with E-state index in [1.165, 1.54) is 11.8 Å². The molecule has 0 radical (unpaired) electrons. The number of hydrogen-bond acceptors (Lipinski definition) is 4. The monoisotopic (exact) mass is 376 g/mol. The van der Waals surface area contributed by atoms with Crippen molar-refractivity contribution in [3.63, 3.8) is 0 Å². The van der Waals surface area contributed by atoms with Crippen LogP contribution in [0.5, 0.6) is 0 Å². The number of nitrogens with zero attached hydrogens (tertiary/aromatic N) is 3. The van der Waals surface area contributed by atoms with Gasteiger partial charge >= 0.3 is 0 Å². The molecule has 28 heavy (non-hydrogen) atoms. The third-order valence-corrected chi connectivity index (χ3v) is 5.40. The van der Waals surface area contributed by atoms with E-state index in [0.29, 0.717) is 6.04 Å². The second-order valence-electron chi connectivity index (χ2n) is 7.34. The lowest BCUT2D eigenvalue weighted by Gasteiger charge is -2.35. The second-order valence-corrected chi connectivity index (χ2v) is 7.34. The van der Waals surface area contributed by atoms with Gasteiger partial charge < -0.3 is 10.2 Å². The van der Waals surface area contributed by atoms with Crippen molar-refractivity contribution in [3.05, 3.63) is 78.6 Å². The molecule has 0 amide bonds. The molecule has 0 saturated carbocycles. The van der Waals surface area contributed by atoms with Gasteiger partial charge in [0.15, 0.2) is 0 Å². The van der Waals surface area contributed by atoms with Crippen LogP contribution in [0, 0.1) is 5.82 Å². The lowest BCUT2D eigenvalue weighted by Crippen LogP contribution is -2.43. The van der Waals surface area contributed by atoms with Gasteiger partial charge in [-0.3, -0.25) is 0 Å². The molecule has 1 N–H and O–H groups in total. The Labute approximate surface area is 165 Å². The minimum Gasteiger partial charge on any atom is -0.371 e. The van der Waals surface area contributed by atoms with Gasteiger partial charge in [-0.1, -0.05) is 24.3 Å². The minimum absolute atomic E-state index is 0.201. The molecule has 3 aromatic rings. The highest BCUT2D eigenvalue weighted by molar-refractivity contribution is 5.68. The minimum atomic E-state index is -0.201. The van der Waals surface area contributed by atoms with E-state index in [1.54, 1.807) is 24.7 Å². The van der Waals surface area contributed by atoms with Gasteiger partial charge in [-0.15, -0.1) is 0 Å². The van der Waals surface area contributed by atoms with E-state index in [-0.39, 0.29) is 11.9 Å². The Morgan fingerprint density at radius 2 is 1.79 bits per heavy atom. The van der Waals surface area contributed by atoms with Crippen molar-refractivity contribution < 1.29 is 4.39 Å². The van der Waals surface area contributed by atoms with Crippen molar-refractivity contribution in [2.75, 3.05) is 18.0 Å². The predicted octanol–water partition coefficient (Wildman–Crippen LogP) is 4.60. The molecule has 1 aliphatic rings. The summed E-state index contributed by atoms with van der Waals surface area (Å²) in [5.41, 5.74) is 4.19. The van der Waals surface area contributed by atoms with Crippen molar-refractivity contribution >= 4 is 5.69 Å². The van der Waals surface area contributed by atoms with Crippen molar-refractivity contribution in [2.24, 2.45) is 0 Å². The molecule has 1 saturated heterocycles. The summed E-state index contributed by atoms with van der Waals surface area (Å²) in [5, 5.41) is 3.69. The van der Waals surface area contributed by atoms with Crippen LogP contribution in [0.2, 0.25) is 0 Å². The Morgan fingerprint density at radius 1 is 1.04 bits per heavy atom. The number of anilines is 1. The molecule has 4 rings (SSSR count). The standard InChI is InChI=1S/C23H25FN4/c1-17(23-8-11-25-16-26-23)27-21-9-12-28(13-10-21)22-7-3-5-19(15-22)18-4-2-6-20(24)14-18/h2-8,11,14-17,21,27H,9-10,12-13H2,1H3/t17-/m1/s1. The highest BCUT2D eigenvalue weighted by atomic mass is 19.1. The Balaban J connectivity index is 1.38. The quantitative estimate of drug-likeness (QED) is 0.706. The van der Waals surface area contributed by atoms with Crippen LogP contribution >= 0.6 is 0 Å². The van der Waals surface area contributed by atoms with Gasteiger partial charge in [0.05, 0.1) is 5.69 Å². The number of piperidine rings is 1. The molecule has 0 bridgehead atoms. The lowest BCUT2D eigenvalue weighted by molar-refractivity contribution is 0.377. The summed E-state index contributed by atoms with van der Waals surface area (Å²) in [6.45, 7) is 4.15. The van der Waals surface area contributed by atoms with Gasteiger partial charge in [0.25, 0.3) is 0 Å². The molecule has 1 aliphatic heterocycles. The van der Waals surface area contributed by atoms with Crippen molar-refractivity contribution in [3.8, 4) is 11.1 Å². The average Bonchev–Trinajstić information content (AvgIpc) is 2.75. The smallest absolute Gasteiger partial charge is 0.123 e. The van der Waals surface area contributed by atoms with Gasteiger partial charge in [-0.2, -0.15) is 0 Å². The van der Waals surface area contributed by atoms with E-state index in [2.05, 4.69) is 45.3 Å². The van der Waals surface area contributed by atoms with Gasteiger partial charge in [-0.25, -0.2) is 14.4 Å². The maximum Gasteiger partial charge on any atom is 0.123 e. The van der Waals surface area contributed by atoms with Crippen LogP contribution in [0.4, 0.5) is 10.1 Å². The van der Waals surface area contributed by atoms with Crippen LogP contribution < -0.4 is 10.2 Å². The third kappa shape index (κ3) is 4.37. The fourth-order valence-electron chi connectivity index (χ4n) is 3.85. The molecule has 0 unspecified atom stereocenters. The first kappa shape index (κ1) is 18.6. The number of nitrogens with one attached hydrogen (secondary N) is 1. The van der Waals surface area contributed by atoms with Gasteiger partial charge in [0.1, 0.15) is 12.1 Å². The zero-order chi connectivity index (χ0) is 19.3. The second kappa shape index (κ2) is 8.48.